The maximum Gasteiger partial charge on any atom is 0.255 e. The zero-order valence-electron chi connectivity index (χ0n) is 19.4. The van der Waals surface area contributed by atoms with Crippen LogP contribution < -0.4 is 16.0 Å². The molecule has 1 saturated carbocycles. The minimum Gasteiger partial charge on any atom is -0.373 e. The monoisotopic (exact) mass is 464 g/mol. The van der Waals surface area contributed by atoms with Crippen LogP contribution >= 0.6 is 0 Å². The molecule has 9 nitrogen and oxygen atoms in total. The molecule has 4 aromatic rings. The smallest absolute Gasteiger partial charge is 0.255 e. The number of rotatable bonds is 7. The Morgan fingerprint density at radius 1 is 1.11 bits per heavy atom. The summed E-state index contributed by atoms with van der Waals surface area (Å²) in [7, 11) is 1.79. The average Bonchev–Trinajstić information content (AvgIpc) is 3.57. The van der Waals surface area contributed by atoms with Gasteiger partial charge in [-0.1, -0.05) is 18.2 Å². The Labute approximate surface area is 202 Å². The molecule has 0 saturated heterocycles. The maximum absolute atomic E-state index is 13.0. The van der Waals surface area contributed by atoms with Crippen LogP contribution in [0.4, 0.5) is 23.0 Å². The molecule has 0 radical (unpaired) electrons. The van der Waals surface area contributed by atoms with Crippen LogP contribution in [0.5, 0.6) is 0 Å². The van der Waals surface area contributed by atoms with Crippen molar-refractivity contribution in [2.45, 2.75) is 25.2 Å². The number of carbonyl (C=O) groups excluding carboxylic acids is 1. The van der Waals surface area contributed by atoms with E-state index in [1.807, 2.05) is 49.4 Å². The van der Waals surface area contributed by atoms with Crippen LogP contribution in [-0.2, 0) is 5.41 Å². The molecular weight excluding hydrogens is 440 g/mol. The third kappa shape index (κ3) is 4.42. The normalized spacial score (nSPS) is 13.5. The van der Waals surface area contributed by atoms with Crippen molar-refractivity contribution in [3.8, 4) is 11.9 Å². The fourth-order valence-corrected chi connectivity index (χ4v) is 3.90. The van der Waals surface area contributed by atoms with Crippen molar-refractivity contribution in [2.24, 2.45) is 0 Å². The Morgan fingerprint density at radius 2 is 1.97 bits per heavy atom. The van der Waals surface area contributed by atoms with Crippen molar-refractivity contribution in [3.63, 3.8) is 0 Å². The minimum atomic E-state index is -0.433. The third-order valence-corrected chi connectivity index (χ3v) is 6.17. The predicted molar refractivity (Wildman–Crippen MR) is 134 cm³/mol. The Kier molecular flexibility index (Phi) is 5.63. The summed E-state index contributed by atoms with van der Waals surface area (Å²) in [6, 6.07) is 19.0. The number of nitrogens with zero attached hydrogens (tertiary/aromatic N) is 5. The van der Waals surface area contributed by atoms with Crippen LogP contribution in [0.15, 0.2) is 67.1 Å². The van der Waals surface area contributed by atoms with E-state index in [2.05, 4.69) is 37.1 Å². The number of aromatic nitrogens is 4. The van der Waals surface area contributed by atoms with Crippen LogP contribution in [0, 0.1) is 18.3 Å². The van der Waals surface area contributed by atoms with Crippen molar-refractivity contribution in [2.75, 3.05) is 23.0 Å². The van der Waals surface area contributed by atoms with Gasteiger partial charge in [-0.15, -0.1) is 0 Å². The summed E-state index contributed by atoms with van der Waals surface area (Å²) in [6.07, 6.45) is 4.84. The van der Waals surface area contributed by atoms with Gasteiger partial charge in [0.1, 0.15) is 18.0 Å². The number of nitrogens with one attached hydrogen (secondary N) is 3. The van der Waals surface area contributed by atoms with Gasteiger partial charge in [0.25, 0.3) is 5.91 Å². The van der Waals surface area contributed by atoms with E-state index < -0.39 is 5.41 Å². The number of amides is 1. The molecule has 1 aliphatic rings. The summed E-state index contributed by atoms with van der Waals surface area (Å²) in [5.41, 5.74) is 3.47. The van der Waals surface area contributed by atoms with Crippen LogP contribution in [-0.4, -0.2) is 32.7 Å². The second kappa shape index (κ2) is 8.91. The molecule has 0 unspecified atom stereocenters. The Morgan fingerprint density at radius 3 is 2.74 bits per heavy atom. The number of carbonyl (C=O) groups is 1. The highest BCUT2D eigenvalue weighted by Crippen LogP contribution is 2.47. The van der Waals surface area contributed by atoms with E-state index >= 15 is 0 Å². The molecule has 0 atom stereocenters. The molecule has 2 heterocycles. The van der Waals surface area contributed by atoms with Gasteiger partial charge < -0.3 is 16.0 Å². The summed E-state index contributed by atoms with van der Waals surface area (Å²) >= 11 is 0. The molecule has 174 valence electrons. The number of nitriles is 1. The van der Waals surface area contributed by atoms with Gasteiger partial charge in [0, 0.05) is 36.1 Å². The molecule has 2 aromatic carbocycles. The van der Waals surface area contributed by atoms with Gasteiger partial charge in [0.15, 0.2) is 5.82 Å². The third-order valence-electron chi connectivity index (χ3n) is 6.17. The minimum absolute atomic E-state index is 0.221. The van der Waals surface area contributed by atoms with E-state index in [0.717, 1.165) is 35.5 Å². The lowest BCUT2D eigenvalue weighted by Gasteiger charge is -2.14. The van der Waals surface area contributed by atoms with E-state index in [4.69, 9.17) is 0 Å². The molecule has 0 spiro atoms. The quantitative estimate of drug-likeness (QED) is 0.366. The van der Waals surface area contributed by atoms with Gasteiger partial charge in [-0.2, -0.15) is 15.0 Å². The fourth-order valence-electron chi connectivity index (χ4n) is 3.90. The van der Waals surface area contributed by atoms with E-state index in [9.17, 15) is 10.1 Å². The van der Waals surface area contributed by atoms with Crippen LogP contribution in [0.1, 0.15) is 34.3 Å². The molecule has 1 amide bonds. The van der Waals surface area contributed by atoms with Crippen molar-refractivity contribution in [1.29, 1.82) is 5.26 Å². The van der Waals surface area contributed by atoms with Crippen LogP contribution in [0.3, 0.4) is 0 Å². The molecule has 2 aromatic heterocycles. The van der Waals surface area contributed by atoms with Crippen molar-refractivity contribution < 1.29 is 4.79 Å². The first-order valence-electron chi connectivity index (χ1n) is 11.3. The van der Waals surface area contributed by atoms with Gasteiger partial charge in [0.05, 0.1) is 17.7 Å². The lowest BCUT2D eigenvalue weighted by Crippen LogP contribution is -2.14. The zero-order chi connectivity index (χ0) is 24.4. The first kappa shape index (κ1) is 22.1. The van der Waals surface area contributed by atoms with E-state index in [-0.39, 0.29) is 5.91 Å². The van der Waals surface area contributed by atoms with Crippen LogP contribution in [0.2, 0.25) is 0 Å². The molecule has 9 heteroatoms. The van der Waals surface area contributed by atoms with E-state index in [1.54, 1.807) is 30.1 Å². The predicted octanol–water partition coefficient (Wildman–Crippen LogP) is 4.56. The molecule has 0 aliphatic heterocycles. The average molecular weight is 465 g/mol. The fraction of sp³-hybridized carbons (Fsp3) is 0.192. The Hall–Kier alpha value is -4.71. The number of aryl methyl sites for hydroxylation is 1. The van der Waals surface area contributed by atoms with Gasteiger partial charge in [-0.3, -0.25) is 4.79 Å². The van der Waals surface area contributed by atoms with Gasteiger partial charge >= 0.3 is 0 Å². The largest absolute Gasteiger partial charge is 0.373 e. The first-order chi connectivity index (χ1) is 17.0. The molecule has 0 bridgehead atoms. The Balaban J connectivity index is 1.36. The molecule has 5 rings (SSSR count). The number of hydrogen-bond acceptors (Lipinski definition) is 7. The zero-order valence-corrected chi connectivity index (χ0v) is 19.4. The van der Waals surface area contributed by atoms with Gasteiger partial charge in [-0.05, 0) is 55.2 Å². The highest BCUT2D eigenvalue weighted by Gasteiger charge is 2.45. The van der Waals surface area contributed by atoms with Crippen LogP contribution in [0.25, 0.3) is 5.82 Å². The number of hydrogen-bond donors (Lipinski definition) is 3. The topological polar surface area (TPSA) is 121 Å². The highest BCUT2D eigenvalue weighted by atomic mass is 16.1. The Bertz CT molecular complexity index is 1450. The summed E-state index contributed by atoms with van der Waals surface area (Å²) in [5.74, 6) is 1.80. The number of benzene rings is 2. The number of anilines is 4. The summed E-state index contributed by atoms with van der Waals surface area (Å²) in [4.78, 5) is 21.4. The second-order valence-electron chi connectivity index (χ2n) is 8.52. The van der Waals surface area contributed by atoms with Crippen molar-refractivity contribution in [1.82, 2.24) is 19.7 Å². The van der Waals surface area contributed by atoms with E-state index in [0.29, 0.717) is 22.9 Å². The highest BCUT2D eigenvalue weighted by molar-refractivity contribution is 6.04. The lowest BCUT2D eigenvalue weighted by atomic mass is 9.96. The second-order valence-corrected chi connectivity index (χ2v) is 8.52. The van der Waals surface area contributed by atoms with Crippen molar-refractivity contribution in [3.05, 3.63) is 83.8 Å². The van der Waals surface area contributed by atoms with Gasteiger partial charge in [-0.25, -0.2) is 9.97 Å². The molecule has 3 N–H and O–H groups in total. The summed E-state index contributed by atoms with van der Waals surface area (Å²) in [6.45, 7) is 1.99. The van der Waals surface area contributed by atoms with Gasteiger partial charge in [0.2, 0.25) is 0 Å². The lowest BCUT2D eigenvalue weighted by molar-refractivity contribution is 0.102. The molecular formula is C26H24N8O. The summed E-state index contributed by atoms with van der Waals surface area (Å²) in [5, 5.41) is 23.2. The molecule has 1 fully saturated rings. The maximum atomic E-state index is 13.0. The molecule has 35 heavy (non-hydrogen) atoms. The summed E-state index contributed by atoms with van der Waals surface area (Å²) < 4.78 is 1.68. The van der Waals surface area contributed by atoms with Crippen molar-refractivity contribution >= 4 is 28.9 Å². The molecule has 1 aliphatic carbocycles. The SMILES string of the molecule is CNc1cc(-n2nccc2Nc2cc(NC(=O)c3cccc(C4(C#N)CC4)c3)ccc2C)ncn1. The first-order valence-corrected chi connectivity index (χ1v) is 11.3. The standard InChI is InChI=1S/C26H24N8O/c1-17-6-7-20(32-25(35)18-4-3-5-19(12-18)26(15-27)9-10-26)13-21(17)33-23-8-11-31-34(23)24-14-22(28-2)29-16-30-24/h3-8,11-14,16,33H,9-10H2,1-2H3,(H,32,35)(H,28,29,30). The van der Waals surface area contributed by atoms with E-state index in [1.165, 1.54) is 6.33 Å².